The molecule has 6 nitrogen and oxygen atoms in total. The first kappa shape index (κ1) is 20.6. The van der Waals surface area contributed by atoms with E-state index in [2.05, 4.69) is 15.3 Å². The lowest BCUT2D eigenvalue weighted by Crippen LogP contribution is -2.46. The number of anilines is 1. The van der Waals surface area contributed by atoms with E-state index < -0.39 is 0 Å². The third-order valence-electron chi connectivity index (χ3n) is 6.18. The van der Waals surface area contributed by atoms with Gasteiger partial charge in [0.05, 0.1) is 11.6 Å². The van der Waals surface area contributed by atoms with Crippen LogP contribution < -0.4 is 15.8 Å². The third kappa shape index (κ3) is 4.89. The van der Waals surface area contributed by atoms with Gasteiger partial charge < -0.3 is 10.2 Å². The summed E-state index contributed by atoms with van der Waals surface area (Å²) in [4.78, 5) is 27.2. The molecule has 1 saturated carbocycles. The van der Waals surface area contributed by atoms with Crippen LogP contribution in [0.25, 0.3) is 5.69 Å². The van der Waals surface area contributed by atoms with E-state index in [9.17, 15) is 14.0 Å². The lowest BCUT2D eigenvalue weighted by molar-refractivity contribution is -0.126. The van der Waals surface area contributed by atoms with Gasteiger partial charge in [0.15, 0.2) is 0 Å². The molecule has 0 spiro atoms. The highest BCUT2D eigenvalue weighted by atomic mass is 19.1. The van der Waals surface area contributed by atoms with Crippen molar-refractivity contribution in [1.29, 1.82) is 0 Å². The molecule has 2 aliphatic rings. The normalized spacial score (nSPS) is 20.6. The van der Waals surface area contributed by atoms with Gasteiger partial charge in [0.1, 0.15) is 11.6 Å². The van der Waals surface area contributed by atoms with Gasteiger partial charge in [-0.25, -0.2) is 4.39 Å². The number of nitrogens with one attached hydrogen (secondary N) is 1. The van der Waals surface area contributed by atoms with Crippen LogP contribution in [0, 0.1) is 11.7 Å². The average molecular weight is 413 g/mol. The largest absolute Gasteiger partial charge is 0.354 e. The van der Waals surface area contributed by atoms with Gasteiger partial charge in [-0.15, -0.1) is 5.10 Å². The number of carbonyl (C=O) groups excluding carboxylic acids is 1. The van der Waals surface area contributed by atoms with Crippen LogP contribution in [0.2, 0.25) is 0 Å². The van der Waals surface area contributed by atoms with E-state index in [1.807, 2.05) is 0 Å². The van der Waals surface area contributed by atoms with E-state index in [0.29, 0.717) is 24.1 Å². The molecular weight excluding hydrogens is 383 g/mol. The maximum atomic E-state index is 13.2. The third-order valence-corrected chi connectivity index (χ3v) is 6.18. The van der Waals surface area contributed by atoms with Crippen LogP contribution in [-0.4, -0.2) is 34.8 Å². The van der Waals surface area contributed by atoms with Crippen molar-refractivity contribution in [2.24, 2.45) is 5.92 Å². The first-order valence-corrected chi connectivity index (χ1v) is 11.0. The van der Waals surface area contributed by atoms with Gasteiger partial charge in [-0.3, -0.25) is 9.59 Å². The fourth-order valence-electron chi connectivity index (χ4n) is 4.48. The number of hydrogen-bond donors (Lipinski definition) is 1. The SMILES string of the molecule is O=C(NC1CCCCCC1)[C@H]1CCCN(c2ccc(=O)n(-c3ccc(F)cc3)n2)C1. The molecule has 4 rings (SSSR count). The van der Waals surface area contributed by atoms with Crippen molar-refractivity contribution in [3.8, 4) is 5.69 Å². The Morgan fingerprint density at radius 1 is 0.967 bits per heavy atom. The van der Waals surface area contributed by atoms with Crippen molar-refractivity contribution < 1.29 is 9.18 Å². The van der Waals surface area contributed by atoms with Crippen LogP contribution in [0.1, 0.15) is 51.4 Å². The molecular formula is C23H29FN4O2. The fourth-order valence-corrected chi connectivity index (χ4v) is 4.48. The standard InChI is InChI=1S/C23H29FN4O2/c24-18-9-11-20(12-10-18)28-22(29)14-13-21(26-28)27-15-5-6-17(16-27)23(30)25-19-7-3-1-2-4-8-19/h9-14,17,19H,1-8,15-16H2,(H,25,30)/t17-/m0/s1. The summed E-state index contributed by atoms with van der Waals surface area (Å²) < 4.78 is 14.5. The Hall–Kier alpha value is -2.70. The lowest BCUT2D eigenvalue weighted by Gasteiger charge is -2.33. The topological polar surface area (TPSA) is 67.2 Å². The monoisotopic (exact) mass is 412 g/mol. The summed E-state index contributed by atoms with van der Waals surface area (Å²) in [7, 11) is 0. The second kappa shape index (κ2) is 9.41. The zero-order valence-corrected chi connectivity index (χ0v) is 17.2. The van der Waals surface area contributed by atoms with Crippen molar-refractivity contribution in [2.45, 2.75) is 57.4 Å². The summed E-state index contributed by atoms with van der Waals surface area (Å²) in [5.41, 5.74) is 0.243. The molecule has 2 aromatic rings. The molecule has 1 aromatic heterocycles. The van der Waals surface area contributed by atoms with Gasteiger partial charge in [0.2, 0.25) is 5.91 Å². The Bertz CT molecular complexity index is 920. The number of benzene rings is 1. The minimum atomic E-state index is -0.360. The number of aromatic nitrogens is 2. The van der Waals surface area contributed by atoms with E-state index in [4.69, 9.17) is 0 Å². The van der Waals surface area contributed by atoms with E-state index in [-0.39, 0.29) is 23.2 Å². The van der Waals surface area contributed by atoms with Gasteiger partial charge in [-0.1, -0.05) is 25.7 Å². The molecule has 1 aliphatic heterocycles. The summed E-state index contributed by atoms with van der Waals surface area (Å²) in [6, 6.07) is 9.17. The van der Waals surface area contributed by atoms with Crippen LogP contribution in [0.5, 0.6) is 0 Å². The van der Waals surface area contributed by atoms with E-state index in [0.717, 1.165) is 32.2 Å². The average Bonchev–Trinajstić information content (AvgIpc) is 3.03. The first-order chi connectivity index (χ1) is 14.6. The predicted octanol–water partition coefficient (Wildman–Crippen LogP) is 3.43. The second-order valence-corrected chi connectivity index (χ2v) is 8.40. The molecule has 7 heteroatoms. The second-order valence-electron chi connectivity index (χ2n) is 8.40. The molecule has 0 unspecified atom stereocenters. The number of hydrogen-bond acceptors (Lipinski definition) is 4. The van der Waals surface area contributed by atoms with Crippen molar-refractivity contribution in [1.82, 2.24) is 15.1 Å². The molecule has 0 radical (unpaired) electrons. The molecule has 30 heavy (non-hydrogen) atoms. The van der Waals surface area contributed by atoms with E-state index in [1.165, 1.54) is 60.7 Å². The molecule has 1 atom stereocenters. The number of carbonyl (C=O) groups is 1. The van der Waals surface area contributed by atoms with Crippen LogP contribution in [-0.2, 0) is 4.79 Å². The molecule has 1 N–H and O–H groups in total. The Kier molecular flexibility index (Phi) is 6.45. The van der Waals surface area contributed by atoms with Crippen molar-refractivity contribution in [3.05, 3.63) is 52.6 Å². The summed E-state index contributed by atoms with van der Waals surface area (Å²) >= 11 is 0. The minimum absolute atomic E-state index is 0.0741. The molecule has 2 heterocycles. The number of piperidine rings is 1. The van der Waals surface area contributed by atoms with Crippen molar-refractivity contribution in [2.75, 3.05) is 18.0 Å². The van der Waals surface area contributed by atoms with Crippen LogP contribution in [0.4, 0.5) is 10.2 Å². The van der Waals surface area contributed by atoms with Gasteiger partial charge >= 0.3 is 0 Å². The molecule has 1 aromatic carbocycles. The van der Waals surface area contributed by atoms with Gasteiger partial charge in [0.25, 0.3) is 5.56 Å². The van der Waals surface area contributed by atoms with Crippen LogP contribution in [0.15, 0.2) is 41.2 Å². The highest BCUT2D eigenvalue weighted by Gasteiger charge is 2.28. The van der Waals surface area contributed by atoms with E-state index in [1.54, 1.807) is 6.07 Å². The summed E-state index contributed by atoms with van der Waals surface area (Å²) in [5, 5.41) is 7.77. The quantitative estimate of drug-likeness (QED) is 0.782. The van der Waals surface area contributed by atoms with Gasteiger partial charge in [-0.2, -0.15) is 4.68 Å². The molecule has 2 fully saturated rings. The van der Waals surface area contributed by atoms with Gasteiger partial charge in [0, 0.05) is 25.2 Å². The summed E-state index contributed by atoms with van der Waals surface area (Å²) in [5.74, 6) is 0.362. The molecule has 0 bridgehead atoms. The Morgan fingerprint density at radius 3 is 2.43 bits per heavy atom. The molecule has 1 saturated heterocycles. The highest BCUT2D eigenvalue weighted by Crippen LogP contribution is 2.23. The van der Waals surface area contributed by atoms with Crippen molar-refractivity contribution >= 4 is 11.7 Å². The van der Waals surface area contributed by atoms with Crippen LogP contribution >= 0.6 is 0 Å². The van der Waals surface area contributed by atoms with Crippen LogP contribution in [0.3, 0.4) is 0 Å². The Morgan fingerprint density at radius 2 is 1.70 bits per heavy atom. The fraction of sp³-hybridized carbons (Fsp3) is 0.522. The summed E-state index contributed by atoms with van der Waals surface area (Å²) in [6.07, 6.45) is 8.83. The lowest BCUT2D eigenvalue weighted by atomic mass is 9.96. The highest BCUT2D eigenvalue weighted by molar-refractivity contribution is 5.79. The first-order valence-electron chi connectivity index (χ1n) is 11.0. The predicted molar refractivity (Wildman–Crippen MR) is 114 cm³/mol. The zero-order chi connectivity index (χ0) is 20.9. The molecule has 160 valence electrons. The number of nitrogens with zero attached hydrogens (tertiary/aromatic N) is 3. The summed E-state index contributed by atoms with van der Waals surface area (Å²) in [6.45, 7) is 1.38. The Labute approximate surface area is 176 Å². The number of halogens is 1. The van der Waals surface area contributed by atoms with Gasteiger partial charge in [-0.05, 0) is 56.0 Å². The molecule has 1 amide bonds. The number of amides is 1. The zero-order valence-electron chi connectivity index (χ0n) is 17.2. The maximum absolute atomic E-state index is 13.2. The smallest absolute Gasteiger partial charge is 0.271 e. The maximum Gasteiger partial charge on any atom is 0.271 e. The molecule has 1 aliphatic carbocycles. The number of rotatable bonds is 4. The van der Waals surface area contributed by atoms with E-state index >= 15 is 0 Å². The Balaban J connectivity index is 1.46. The minimum Gasteiger partial charge on any atom is -0.354 e. The van der Waals surface area contributed by atoms with Crippen molar-refractivity contribution in [3.63, 3.8) is 0 Å².